The Balaban J connectivity index is 2.46. The highest BCUT2D eigenvalue weighted by Gasteiger charge is 2.18. The zero-order chi connectivity index (χ0) is 11.8. The lowest BCUT2D eigenvalue weighted by atomic mass is 10.5. The fourth-order valence-corrected chi connectivity index (χ4v) is 1.76. The van der Waals surface area contributed by atoms with E-state index in [1.54, 1.807) is 13.8 Å². The second-order valence-electron chi connectivity index (χ2n) is 3.52. The molecule has 0 saturated heterocycles. The topological polar surface area (TPSA) is 101 Å². The summed E-state index contributed by atoms with van der Waals surface area (Å²) in [5, 5.41) is -0.527. The number of H-pyrrole nitrogens is 1. The van der Waals surface area contributed by atoms with Crippen LogP contribution in [0.25, 0.3) is 11.2 Å². The largest absolute Gasteiger partial charge is 0.340 e. The molecule has 0 saturated carbocycles. The predicted octanol–water partition coefficient (Wildman–Crippen LogP) is 0.503. The number of nitrogens with zero attached hydrogens (tertiary/aromatic N) is 3. The number of hydrogen-bond donors (Lipinski definition) is 2. The van der Waals surface area contributed by atoms with E-state index in [0.717, 1.165) is 0 Å². The number of hydrogen-bond acceptors (Lipinski definition) is 5. The van der Waals surface area contributed by atoms with Gasteiger partial charge in [-0.25, -0.2) is 23.4 Å². The molecule has 0 unspecified atom stereocenters. The summed E-state index contributed by atoms with van der Waals surface area (Å²) in [6, 6.07) is 0. The minimum atomic E-state index is -3.41. The van der Waals surface area contributed by atoms with Crippen molar-refractivity contribution in [2.45, 2.75) is 19.1 Å². The lowest BCUT2D eigenvalue weighted by molar-refractivity contribution is 0.592. The molecule has 0 aromatic carbocycles. The minimum absolute atomic E-state index is 0.219. The summed E-state index contributed by atoms with van der Waals surface area (Å²) < 4.78 is 25.7. The van der Waals surface area contributed by atoms with Crippen molar-refractivity contribution in [3.8, 4) is 0 Å². The number of aromatic nitrogens is 4. The van der Waals surface area contributed by atoms with Crippen molar-refractivity contribution < 1.29 is 8.42 Å². The van der Waals surface area contributed by atoms with E-state index in [0.29, 0.717) is 11.2 Å². The van der Waals surface area contributed by atoms with Gasteiger partial charge < -0.3 is 4.98 Å². The zero-order valence-corrected chi connectivity index (χ0v) is 9.61. The summed E-state index contributed by atoms with van der Waals surface area (Å²) >= 11 is 0. The summed E-state index contributed by atoms with van der Waals surface area (Å²) in [5.74, 6) is 0.219. The van der Waals surface area contributed by atoms with Crippen molar-refractivity contribution in [2.24, 2.45) is 0 Å². The van der Waals surface area contributed by atoms with Crippen molar-refractivity contribution in [3.05, 3.63) is 12.7 Å². The normalized spacial score (nSPS) is 12.2. The van der Waals surface area contributed by atoms with Crippen molar-refractivity contribution in [3.63, 3.8) is 0 Å². The van der Waals surface area contributed by atoms with Crippen molar-refractivity contribution in [2.75, 3.05) is 4.72 Å². The van der Waals surface area contributed by atoms with Crippen LogP contribution in [0.3, 0.4) is 0 Å². The van der Waals surface area contributed by atoms with Crippen LogP contribution in [0.2, 0.25) is 0 Å². The third kappa shape index (κ3) is 1.83. The fraction of sp³-hybridized carbons (Fsp3) is 0.375. The van der Waals surface area contributed by atoms with Gasteiger partial charge in [-0.05, 0) is 13.8 Å². The van der Waals surface area contributed by atoms with Crippen LogP contribution in [-0.4, -0.2) is 33.6 Å². The van der Waals surface area contributed by atoms with Crippen LogP contribution in [0, 0.1) is 0 Å². The number of sulfonamides is 1. The highest BCUT2D eigenvalue weighted by molar-refractivity contribution is 7.93. The molecule has 16 heavy (non-hydrogen) atoms. The van der Waals surface area contributed by atoms with Gasteiger partial charge in [0.2, 0.25) is 10.0 Å². The van der Waals surface area contributed by atoms with Crippen molar-refractivity contribution in [1.82, 2.24) is 19.9 Å². The van der Waals surface area contributed by atoms with Gasteiger partial charge in [-0.1, -0.05) is 0 Å². The van der Waals surface area contributed by atoms with Crippen molar-refractivity contribution >= 4 is 27.0 Å². The Kier molecular flexibility index (Phi) is 2.50. The smallest absolute Gasteiger partial charge is 0.236 e. The number of aromatic amines is 1. The van der Waals surface area contributed by atoms with Crippen LogP contribution < -0.4 is 4.72 Å². The molecule has 0 radical (unpaired) electrons. The molecule has 2 aromatic heterocycles. The van der Waals surface area contributed by atoms with Gasteiger partial charge in [0.15, 0.2) is 11.5 Å². The third-order valence-electron chi connectivity index (χ3n) is 2.08. The minimum Gasteiger partial charge on any atom is -0.340 e. The lowest BCUT2D eigenvalue weighted by Gasteiger charge is -2.09. The summed E-state index contributed by atoms with van der Waals surface area (Å²) in [5.41, 5.74) is 0.906. The molecule has 2 heterocycles. The van der Waals surface area contributed by atoms with Crippen LogP contribution in [-0.2, 0) is 10.0 Å². The van der Waals surface area contributed by atoms with Crippen LogP contribution in [0.5, 0.6) is 0 Å². The van der Waals surface area contributed by atoms with Gasteiger partial charge in [0, 0.05) is 0 Å². The molecule has 2 N–H and O–H groups in total. The number of imidazole rings is 1. The Morgan fingerprint density at radius 1 is 1.31 bits per heavy atom. The second-order valence-corrected chi connectivity index (χ2v) is 5.76. The summed E-state index contributed by atoms with van der Waals surface area (Å²) in [6.07, 6.45) is 2.70. The maximum Gasteiger partial charge on any atom is 0.236 e. The molecule has 8 heteroatoms. The molecule has 0 spiro atoms. The maximum absolute atomic E-state index is 11.7. The van der Waals surface area contributed by atoms with Crippen LogP contribution in [0.15, 0.2) is 12.7 Å². The van der Waals surface area contributed by atoms with Gasteiger partial charge in [-0.2, -0.15) is 0 Å². The Bertz CT molecular complexity index is 604. The highest BCUT2D eigenvalue weighted by Crippen LogP contribution is 2.16. The quantitative estimate of drug-likeness (QED) is 0.815. The molecule has 0 atom stereocenters. The number of rotatable bonds is 3. The van der Waals surface area contributed by atoms with E-state index in [1.807, 2.05) is 0 Å². The average molecular weight is 241 g/mol. The average Bonchev–Trinajstić information content (AvgIpc) is 2.65. The van der Waals surface area contributed by atoms with Crippen LogP contribution in [0.4, 0.5) is 5.82 Å². The van der Waals surface area contributed by atoms with E-state index in [-0.39, 0.29) is 5.82 Å². The van der Waals surface area contributed by atoms with Gasteiger partial charge in [-0.15, -0.1) is 0 Å². The molecular weight excluding hydrogens is 230 g/mol. The number of anilines is 1. The zero-order valence-electron chi connectivity index (χ0n) is 8.80. The Morgan fingerprint density at radius 3 is 2.75 bits per heavy atom. The first-order valence-corrected chi connectivity index (χ1v) is 6.21. The van der Waals surface area contributed by atoms with Gasteiger partial charge in [0.25, 0.3) is 0 Å². The number of fused-ring (bicyclic) bond motifs is 1. The Labute approximate surface area is 92.4 Å². The van der Waals surface area contributed by atoms with E-state index in [4.69, 9.17) is 0 Å². The Morgan fingerprint density at radius 2 is 2.06 bits per heavy atom. The molecule has 2 rings (SSSR count). The molecule has 0 bridgehead atoms. The van der Waals surface area contributed by atoms with E-state index < -0.39 is 15.3 Å². The monoisotopic (exact) mass is 241 g/mol. The third-order valence-corrected chi connectivity index (χ3v) is 3.80. The van der Waals surface area contributed by atoms with Gasteiger partial charge >= 0.3 is 0 Å². The van der Waals surface area contributed by atoms with E-state index in [2.05, 4.69) is 24.7 Å². The van der Waals surface area contributed by atoms with Gasteiger partial charge in [-0.3, -0.25) is 4.72 Å². The van der Waals surface area contributed by atoms with Gasteiger partial charge in [0.1, 0.15) is 11.8 Å². The first kappa shape index (κ1) is 10.8. The van der Waals surface area contributed by atoms with Gasteiger partial charge in [0.05, 0.1) is 11.6 Å². The Hall–Kier alpha value is -1.70. The molecular formula is C8H11N5O2S. The van der Waals surface area contributed by atoms with E-state index in [1.165, 1.54) is 12.7 Å². The van der Waals surface area contributed by atoms with Crippen LogP contribution >= 0.6 is 0 Å². The molecule has 0 amide bonds. The molecule has 7 nitrogen and oxygen atoms in total. The number of nitrogens with one attached hydrogen (secondary N) is 2. The molecule has 0 aliphatic rings. The first-order valence-electron chi connectivity index (χ1n) is 4.66. The standard InChI is InChI=1S/C8H11N5O2S/c1-5(2)16(14,15)13-8-6-7(10-3-9-6)11-4-12-8/h3-5H,1-2H3,(H2,9,10,11,12,13). The second kappa shape index (κ2) is 3.71. The summed E-state index contributed by atoms with van der Waals surface area (Å²) in [4.78, 5) is 14.5. The fourth-order valence-electron chi connectivity index (χ4n) is 1.10. The summed E-state index contributed by atoms with van der Waals surface area (Å²) in [6.45, 7) is 3.18. The van der Waals surface area contributed by atoms with E-state index in [9.17, 15) is 8.42 Å². The molecule has 0 aliphatic carbocycles. The van der Waals surface area contributed by atoms with E-state index >= 15 is 0 Å². The first-order chi connectivity index (χ1) is 7.50. The molecule has 0 fully saturated rings. The summed E-state index contributed by atoms with van der Waals surface area (Å²) in [7, 11) is -3.41. The van der Waals surface area contributed by atoms with Crippen LogP contribution in [0.1, 0.15) is 13.8 Å². The molecule has 2 aromatic rings. The molecule has 0 aliphatic heterocycles. The van der Waals surface area contributed by atoms with Crippen molar-refractivity contribution in [1.29, 1.82) is 0 Å². The highest BCUT2D eigenvalue weighted by atomic mass is 32.2. The maximum atomic E-state index is 11.7. The molecule has 86 valence electrons. The lowest BCUT2D eigenvalue weighted by Crippen LogP contribution is -2.23. The predicted molar refractivity (Wildman–Crippen MR) is 59.4 cm³/mol. The SMILES string of the molecule is CC(C)S(=O)(=O)Nc1ncnc2nc[nH]c12.